The molecular formula is C23H27FN4O3S2. The molecule has 10 heteroatoms. The molecule has 0 atom stereocenters. The number of nitrogens with one attached hydrogen (secondary N) is 1. The molecule has 3 heterocycles. The summed E-state index contributed by atoms with van der Waals surface area (Å²) in [5, 5.41) is 0.587. The van der Waals surface area contributed by atoms with Gasteiger partial charge < -0.3 is 9.47 Å². The molecule has 1 amide bonds. The zero-order valence-electron chi connectivity index (χ0n) is 18.9. The highest BCUT2D eigenvalue weighted by Crippen LogP contribution is 2.33. The first-order valence-electron chi connectivity index (χ1n) is 10.9. The number of aromatic nitrogens is 2. The summed E-state index contributed by atoms with van der Waals surface area (Å²) in [6.45, 7) is 5.02. The minimum absolute atomic E-state index is 0.00954. The first kappa shape index (κ1) is 23.4. The Hall–Kier alpha value is -2.72. The van der Waals surface area contributed by atoms with Crippen molar-refractivity contribution in [1.82, 2.24) is 14.5 Å². The topological polar surface area (TPSA) is 84.3 Å². The summed E-state index contributed by atoms with van der Waals surface area (Å²) in [6.07, 6.45) is 4.29. The van der Waals surface area contributed by atoms with Crippen LogP contribution in [-0.4, -0.2) is 41.9 Å². The molecule has 0 spiro atoms. The number of benzene rings is 1. The van der Waals surface area contributed by atoms with Gasteiger partial charge in [0.2, 0.25) is 0 Å². The van der Waals surface area contributed by atoms with Crippen LogP contribution >= 0.6 is 11.3 Å². The van der Waals surface area contributed by atoms with E-state index in [2.05, 4.69) is 9.71 Å². The minimum atomic E-state index is -3.95. The molecule has 33 heavy (non-hydrogen) atoms. The average Bonchev–Trinajstić information content (AvgIpc) is 3.14. The Morgan fingerprint density at radius 2 is 1.82 bits per heavy atom. The van der Waals surface area contributed by atoms with Crippen LogP contribution in [0.4, 0.5) is 10.1 Å². The lowest BCUT2D eigenvalue weighted by molar-refractivity contribution is 0.0765. The summed E-state index contributed by atoms with van der Waals surface area (Å²) in [6, 6.07) is 6.86. The monoisotopic (exact) mass is 490 g/mol. The maximum atomic E-state index is 13.5. The molecule has 1 N–H and O–H groups in total. The van der Waals surface area contributed by atoms with Gasteiger partial charge in [-0.15, -0.1) is 11.3 Å². The van der Waals surface area contributed by atoms with Gasteiger partial charge in [0.15, 0.2) is 0 Å². The second-order valence-corrected chi connectivity index (χ2v) is 10.9. The van der Waals surface area contributed by atoms with Crippen molar-refractivity contribution in [3.05, 3.63) is 52.4 Å². The number of hydrogen-bond donors (Lipinski definition) is 1. The Balaban J connectivity index is 1.65. The lowest BCUT2D eigenvalue weighted by atomic mass is 10.2. The zero-order valence-corrected chi connectivity index (χ0v) is 20.5. The molecule has 0 radical (unpaired) electrons. The fourth-order valence-corrected chi connectivity index (χ4v) is 6.46. The smallest absolute Gasteiger partial charge is 0.265 e. The summed E-state index contributed by atoms with van der Waals surface area (Å²) in [7, 11) is -2.18. The number of hydrogen-bond acceptors (Lipinski definition) is 5. The molecule has 0 saturated carbocycles. The Morgan fingerprint density at radius 3 is 2.48 bits per heavy atom. The molecule has 0 aliphatic carbocycles. The molecule has 1 aromatic carbocycles. The lowest BCUT2D eigenvalue weighted by Crippen LogP contribution is -2.31. The molecule has 1 aliphatic heterocycles. The first-order chi connectivity index (χ1) is 15.7. The molecule has 1 aliphatic rings. The fourth-order valence-electron chi connectivity index (χ4n) is 4.03. The van der Waals surface area contributed by atoms with E-state index in [1.165, 1.54) is 29.5 Å². The van der Waals surface area contributed by atoms with E-state index in [4.69, 9.17) is 0 Å². The van der Waals surface area contributed by atoms with E-state index in [1.807, 2.05) is 11.8 Å². The van der Waals surface area contributed by atoms with Crippen LogP contribution in [0.5, 0.6) is 0 Å². The highest BCUT2D eigenvalue weighted by Gasteiger charge is 2.27. The van der Waals surface area contributed by atoms with Crippen LogP contribution in [0.3, 0.4) is 0 Å². The number of carbonyl (C=O) groups is 1. The van der Waals surface area contributed by atoms with Crippen molar-refractivity contribution in [1.29, 1.82) is 0 Å². The maximum Gasteiger partial charge on any atom is 0.265 e. The molecule has 3 aromatic rings. The number of anilines is 1. The molecule has 0 unspecified atom stereocenters. The first-order valence-corrected chi connectivity index (χ1v) is 13.2. The zero-order chi connectivity index (χ0) is 23.8. The summed E-state index contributed by atoms with van der Waals surface area (Å²) in [5.74, 6) is -0.537. The van der Waals surface area contributed by atoms with Gasteiger partial charge in [-0.05, 0) is 51.0 Å². The van der Waals surface area contributed by atoms with Crippen LogP contribution in [0.15, 0.2) is 35.2 Å². The SMILES string of the molecule is Cc1nc(-c2cc(S(=O)(=O)Nc3cccc(F)c3)c(C)n2C)sc1C(=O)N1CCCCCC1. The number of amides is 1. The molecule has 0 bridgehead atoms. The molecule has 2 aromatic heterocycles. The van der Waals surface area contributed by atoms with Crippen molar-refractivity contribution in [2.45, 2.75) is 44.4 Å². The number of carbonyl (C=O) groups excluding carboxylic acids is 1. The molecule has 1 saturated heterocycles. The van der Waals surface area contributed by atoms with Gasteiger partial charge in [0, 0.05) is 25.8 Å². The van der Waals surface area contributed by atoms with Gasteiger partial charge in [-0.3, -0.25) is 9.52 Å². The highest BCUT2D eigenvalue weighted by molar-refractivity contribution is 7.92. The molecule has 176 valence electrons. The number of halogens is 1. The second kappa shape index (κ2) is 9.26. The number of sulfonamides is 1. The van der Waals surface area contributed by atoms with E-state index in [-0.39, 0.29) is 16.5 Å². The van der Waals surface area contributed by atoms with Gasteiger partial charge in [-0.2, -0.15) is 0 Å². The fraction of sp³-hybridized carbons (Fsp3) is 0.391. The van der Waals surface area contributed by atoms with E-state index >= 15 is 0 Å². The number of likely N-dealkylation sites (tertiary alicyclic amines) is 1. The summed E-state index contributed by atoms with van der Waals surface area (Å²) < 4.78 is 43.7. The summed E-state index contributed by atoms with van der Waals surface area (Å²) in [4.78, 5) is 20.3. The van der Waals surface area contributed by atoms with Gasteiger partial charge in [0.1, 0.15) is 20.6 Å². The number of nitrogens with zero attached hydrogens (tertiary/aromatic N) is 3. The third-order valence-corrected chi connectivity index (χ3v) is 8.62. The maximum absolute atomic E-state index is 13.5. The predicted molar refractivity (Wildman–Crippen MR) is 128 cm³/mol. The molecule has 1 fully saturated rings. The van der Waals surface area contributed by atoms with Crippen molar-refractivity contribution < 1.29 is 17.6 Å². The number of thiazole rings is 1. The molecular weight excluding hydrogens is 463 g/mol. The van der Waals surface area contributed by atoms with Crippen molar-refractivity contribution in [2.24, 2.45) is 7.05 Å². The highest BCUT2D eigenvalue weighted by atomic mass is 32.2. The lowest BCUT2D eigenvalue weighted by Gasteiger charge is -2.19. The van der Waals surface area contributed by atoms with Gasteiger partial charge in [-0.25, -0.2) is 17.8 Å². The predicted octanol–water partition coefficient (Wildman–Crippen LogP) is 4.72. The van der Waals surface area contributed by atoms with Crippen molar-refractivity contribution in [3.8, 4) is 10.7 Å². The largest absolute Gasteiger partial charge is 0.345 e. The Labute approximate surface area is 197 Å². The van der Waals surface area contributed by atoms with Gasteiger partial charge in [0.05, 0.1) is 17.1 Å². The van der Waals surface area contributed by atoms with E-state index in [0.717, 1.165) is 44.8 Å². The standard InChI is InChI=1S/C23H27FN4O3S2/c1-15-21(23(29)28-11-6-4-5-7-12-28)32-22(25-15)19-14-20(16(2)27(19)3)33(30,31)26-18-10-8-9-17(24)13-18/h8-10,13-14,26H,4-7,11-12H2,1-3H3. The Morgan fingerprint density at radius 1 is 1.12 bits per heavy atom. The second-order valence-electron chi connectivity index (χ2n) is 8.29. The normalized spacial score (nSPS) is 14.8. The van der Waals surface area contributed by atoms with E-state index in [9.17, 15) is 17.6 Å². The van der Waals surface area contributed by atoms with Crippen molar-refractivity contribution in [3.63, 3.8) is 0 Å². The van der Waals surface area contributed by atoms with Crippen LogP contribution < -0.4 is 4.72 Å². The van der Waals surface area contributed by atoms with Crippen LogP contribution in [0.1, 0.15) is 46.7 Å². The Bertz CT molecular complexity index is 1290. The van der Waals surface area contributed by atoms with Crippen LogP contribution in [0.2, 0.25) is 0 Å². The van der Waals surface area contributed by atoms with Crippen molar-refractivity contribution in [2.75, 3.05) is 17.8 Å². The van der Waals surface area contributed by atoms with E-state index in [0.29, 0.717) is 27.0 Å². The van der Waals surface area contributed by atoms with E-state index < -0.39 is 15.8 Å². The van der Waals surface area contributed by atoms with Crippen molar-refractivity contribution >= 4 is 33.0 Å². The van der Waals surface area contributed by atoms with Crippen LogP contribution in [0, 0.1) is 19.7 Å². The van der Waals surface area contributed by atoms with Gasteiger partial charge in [0.25, 0.3) is 15.9 Å². The van der Waals surface area contributed by atoms with Gasteiger partial charge in [-0.1, -0.05) is 18.9 Å². The minimum Gasteiger partial charge on any atom is -0.345 e. The summed E-state index contributed by atoms with van der Waals surface area (Å²) >= 11 is 1.29. The molecule has 4 rings (SSSR count). The van der Waals surface area contributed by atoms with Gasteiger partial charge >= 0.3 is 0 Å². The number of rotatable bonds is 5. The third-order valence-electron chi connectivity index (χ3n) is 5.96. The third kappa shape index (κ3) is 4.81. The number of aryl methyl sites for hydroxylation is 1. The summed E-state index contributed by atoms with van der Waals surface area (Å²) in [5.41, 5.74) is 1.91. The Kier molecular flexibility index (Phi) is 6.58. The van der Waals surface area contributed by atoms with Crippen LogP contribution in [0.25, 0.3) is 10.7 Å². The molecule has 7 nitrogen and oxygen atoms in total. The van der Waals surface area contributed by atoms with Crippen LogP contribution in [-0.2, 0) is 17.1 Å². The quantitative estimate of drug-likeness (QED) is 0.561. The average molecular weight is 491 g/mol. The van der Waals surface area contributed by atoms with E-state index in [1.54, 1.807) is 24.6 Å².